The van der Waals surface area contributed by atoms with Gasteiger partial charge in [0.25, 0.3) is 0 Å². The summed E-state index contributed by atoms with van der Waals surface area (Å²) in [7, 11) is 0. The Hall–Kier alpha value is -3.22. The number of carbonyl (C=O) groups excluding carboxylic acids is 1. The van der Waals surface area contributed by atoms with Gasteiger partial charge >= 0.3 is 5.69 Å². The van der Waals surface area contributed by atoms with Crippen molar-refractivity contribution in [1.82, 2.24) is 19.3 Å². The maximum Gasteiger partial charge on any atom is 0.346 e. The van der Waals surface area contributed by atoms with Crippen molar-refractivity contribution in [3.05, 3.63) is 64.8 Å². The summed E-state index contributed by atoms with van der Waals surface area (Å²) in [5.41, 5.74) is 2.27. The highest BCUT2D eigenvalue weighted by Crippen LogP contribution is 2.36. The third-order valence-electron chi connectivity index (χ3n) is 4.30. The van der Waals surface area contributed by atoms with Crippen molar-refractivity contribution in [3.8, 4) is 11.4 Å². The van der Waals surface area contributed by atoms with Crippen LogP contribution in [0, 0.1) is 6.92 Å². The van der Waals surface area contributed by atoms with Crippen LogP contribution in [-0.2, 0) is 11.3 Å². The second-order valence-corrected chi connectivity index (χ2v) is 6.52. The molecule has 3 aromatic rings. The van der Waals surface area contributed by atoms with E-state index in [4.69, 9.17) is 0 Å². The molecule has 0 spiro atoms. The summed E-state index contributed by atoms with van der Waals surface area (Å²) in [4.78, 5) is 29.2. The van der Waals surface area contributed by atoms with Crippen LogP contribution in [0.25, 0.3) is 11.4 Å². The van der Waals surface area contributed by atoms with Gasteiger partial charge in [0.1, 0.15) is 6.54 Å². The van der Waals surface area contributed by atoms with E-state index in [9.17, 15) is 9.59 Å². The fraction of sp³-hybridized carbons (Fsp3) is 0.263. The second kappa shape index (κ2) is 6.59. The summed E-state index contributed by atoms with van der Waals surface area (Å²) in [5.74, 6) is 0.282. The van der Waals surface area contributed by atoms with Crippen LogP contribution in [0.3, 0.4) is 0 Å². The molecule has 4 rings (SSSR count). The van der Waals surface area contributed by atoms with Crippen LogP contribution in [-0.4, -0.2) is 25.2 Å². The van der Waals surface area contributed by atoms with E-state index in [1.165, 1.54) is 4.68 Å². The Morgan fingerprint density at radius 3 is 2.81 bits per heavy atom. The third-order valence-corrected chi connectivity index (χ3v) is 4.30. The first-order valence-electron chi connectivity index (χ1n) is 8.58. The molecule has 1 fully saturated rings. The quantitative estimate of drug-likeness (QED) is 0.767. The van der Waals surface area contributed by atoms with Gasteiger partial charge in [-0.05, 0) is 49.6 Å². The highest BCUT2D eigenvalue weighted by atomic mass is 16.2. The first kappa shape index (κ1) is 16.3. The number of aromatic nitrogens is 4. The molecule has 26 heavy (non-hydrogen) atoms. The Kier molecular flexibility index (Phi) is 4.12. The van der Waals surface area contributed by atoms with Crippen LogP contribution in [0.1, 0.15) is 24.4 Å². The standard InChI is InChI=1S/C19H19N5O2/c1-13-4-2-6-15(10-13)21-17(25)12-23-19(26)24(16-7-8-16)18(22-23)14-5-3-9-20-11-14/h2-6,9-11,16H,7-8,12H2,1H3,(H,21,25). The maximum atomic E-state index is 12.7. The monoisotopic (exact) mass is 349 g/mol. The Labute approximate surface area is 150 Å². The Bertz CT molecular complexity index is 1000. The van der Waals surface area contributed by atoms with E-state index >= 15 is 0 Å². The first-order valence-corrected chi connectivity index (χ1v) is 8.58. The molecule has 1 amide bonds. The molecule has 7 heteroatoms. The van der Waals surface area contributed by atoms with Crippen LogP contribution in [0.4, 0.5) is 5.69 Å². The Balaban J connectivity index is 1.61. The van der Waals surface area contributed by atoms with Gasteiger partial charge in [0.15, 0.2) is 5.82 Å². The number of anilines is 1. The van der Waals surface area contributed by atoms with Gasteiger partial charge in [-0.3, -0.25) is 14.3 Å². The van der Waals surface area contributed by atoms with Crippen LogP contribution >= 0.6 is 0 Å². The molecule has 0 bridgehead atoms. The number of nitrogens with zero attached hydrogens (tertiary/aromatic N) is 4. The second-order valence-electron chi connectivity index (χ2n) is 6.52. The average molecular weight is 349 g/mol. The molecule has 0 atom stereocenters. The summed E-state index contributed by atoms with van der Waals surface area (Å²) in [6.07, 6.45) is 5.26. The van der Waals surface area contributed by atoms with Crippen molar-refractivity contribution in [2.45, 2.75) is 32.4 Å². The molecular weight excluding hydrogens is 330 g/mol. The molecule has 0 aliphatic heterocycles. The van der Waals surface area contributed by atoms with Crippen molar-refractivity contribution >= 4 is 11.6 Å². The maximum absolute atomic E-state index is 12.7. The number of pyridine rings is 1. The van der Waals surface area contributed by atoms with Gasteiger partial charge in [-0.2, -0.15) is 0 Å². The van der Waals surface area contributed by atoms with Gasteiger partial charge in [0.05, 0.1) is 0 Å². The summed E-state index contributed by atoms with van der Waals surface area (Å²) < 4.78 is 2.91. The fourth-order valence-corrected chi connectivity index (χ4v) is 2.94. The molecule has 132 valence electrons. The lowest BCUT2D eigenvalue weighted by molar-refractivity contribution is -0.117. The van der Waals surface area contributed by atoms with E-state index in [1.807, 2.05) is 37.3 Å². The van der Waals surface area contributed by atoms with Gasteiger partial charge in [-0.25, -0.2) is 9.48 Å². The van der Waals surface area contributed by atoms with Crippen molar-refractivity contribution in [1.29, 1.82) is 0 Å². The summed E-state index contributed by atoms with van der Waals surface area (Å²) in [6, 6.07) is 11.4. The minimum atomic E-state index is -0.282. The molecule has 0 radical (unpaired) electrons. The highest BCUT2D eigenvalue weighted by molar-refractivity contribution is 5.90. The number of nitrogens with one attached hydrogen (secondary N) is 1. The number of benzene rings is 1. The van der Waals surface area contributed by atoms with Gasteiger partial charge < -0.3 is 5.32 Å². The first-order chi connectivity index (χ1) is 12.6. The molecule has 1 N–H and O–H groups in total. The Morgan fingerprint density at radius 2 is 2.12 bits per heavy atom. The van der Waals surface area contributed by atoms with Crippen molar-refractivity contribution in [3.63, 3.8) is 0 Å². The molecule has 2 aromatic heterocycles. The van der Waals surface area contributed by atoms with E-state index in [0.717, 1.165) is 24.0 Å². The fourth-order valence-electron chi connectivity index (χ4n) is 2.94. The van der Waals surface area contributed by atoms with E-state index in [-0.39, 0.29) is 24.2 Å². The smallest absolute Gasteiger partial charge is 0.324 e. The normalized spacial score (nSPS) is 13.6. The van der Waals surface area contributed by atoms with Crippen molar-refractivity contribution in [2.24, 2.45) is 0 Å². The largest absolute Gasteiger partial charge is 0.346 e. The number of rotatable bonds is 5. The summed E-state index contributed by atoms with van der Waals surface area (Å²) in [6.45, 7) is 1.83. The number of aryl methyl sites for hydroxylation is 1. The third kappa shape index (κ3) is 3.28. The van der Waals surface area contributed by atoms with Gasteiger partial charge in [0.2, 0.25) is 5.91 Å². The molecule has 1 aliphatic rings. The van der Waals surface area contributed by atoms with Crippen molar-refractivity contribution in [2.75, 3.05) is 5.32 Å². The molecule has 1 aliphatic carbocycles. The van der Waals surface area contributed by atoms with E-state index in [1.54, 1.807) is 23.0 Å². The lowest BCUT2D eigenvalue weighted by Crippen LogP contribution is -2.30. The minimum absolute atomic E-state index is 0.125. The zero-order valence-electron chi connectivity index (χ0n) is 14.4. The lowest BCUT2D eigenvalue weighted by atomic mass is 10.2. The molecule has 1 aromatic carbocycles. The van der Waals surface area contributed by atoms with Crippen LogP contribution in [0.5, 0.6) is 0 Å². The minimum Gasteiger partial charge on any atom is -0.324 e. The molecule has 1 saturated carbocycles. The zero-order chi connectivity index (χ0) is 18.1. The van der Waals surface area contributed by atoms with E-state index < -0.39 is 0 Å². The average Bonchev–Trinajstić information content (AvgIpc) is 3.41. The van der Waals surface area contributed by atoms with Crippen LogP contribution in [0.2, 0.25) is 0 Å². The number of amides is 1. The number of carbonyl (C=O) groups is 1. The predicted molar refractivity (Wildman–Crippen MR) is 97.8 cm³/mol. The molecule has 0 saturated heterocycles. The highest BCUT2D eigenvalue weighted by Gasteiger charge is 2.30. The van der Waals surface area contributed by atoms with Crippen LogP contribution < -0.4 is 11.0 Å². The van der Waals surface area contributed by atoms with Gasteiger partial charge in [0, 0.05) is 29.7 Å². The molecule has 0 unspecified atom stereocenters. The number of hydrogen-bond donors (Lipinski definition) is 1. The van der Waals surface area contributed by atoms with Gasteiger partial charge in [-0.15, -0.1) is 5.10 Å². The zero-order valence-corrected chi connectivity index (χ0v) is 14.4. The lowest BCUT2D eigenvalue weighted by Gasteiger charge is -2.05. The van der Waals surface area contributed by atoms with E-state index in [2.05, 4.69) is 15.4 Å². The Morgan fingerprint density at radius 1 is 1.27 bits per heavy atom. The SMILES string of the molecule is Cc1cccc(NC(=O)Cn2nc(-c3cccnc3)n(C3CC3)c2=O)c1. The summed E-state index contributed by atoms with van der Waals surface area (Å²) in [5, 5.41) is 7.22. The molecule has 7 nitrogen and oxygen atoms in total. The van der Waals surface area contributed by atoms with Gasteiger partial charge in [-0.1, -0.05) is 12.1 Å². The predicted octanol–water partition coefficient (Wildman–Crippen LogP) is 2.39. The summed E-state index contributed by atoms with van der Waals surface area (Å²) >= 11 is 0. The van der Waals surface area contributed by atoms with Crippen molar-refractivity contribution < 1.29 is 4.79 Å². The topological polar surface area (TPSA) is 81.8 Å². The van der Waals surface area contributed by atoms with Crippen LogP contribution in [0.15, 0.2) is 53.6 Å². The van der Waals surface area contributed by atoms with E-state index in [0.29, 0.717) is 11.5 Å². The number of hydrogen-bond acceptors (Lipinski definition) is 4. The molecule has 2 heterocycles. The molecular formula is C19H19N5O2.